The maximum absolute atomic E-state index is 14.3. The number of nitrogens with one attached hydrogen (secondary N) is 2. The number of aromatic nitrogens is 3. The highest BCUT2D eigenvalue weighted by molar-refractivity contribution is 7.89. The van der Waals surface area contributed by atoms with Crippen LogP contribution in [-0.2, 0) is 48.7 Å². The van der Waals surface area contributed by atoms with Gasteiger partial charge in [0.15, 0.2) is 6.61 Å². The quantitative estimate of drug-likeness (QED) is 0.0725. The molecule has 70 heavy (non-hydrogen) atoms. The molecule has 1 saturated heterocycles. The average molecular weight is 978 g/mol. The number of amides is 5. The number of sulfonamides is 1. The van der Waals surface area contributed by atoms with E-state index in [-0.39, 0.29) is 59.9 Å². The third-order valence-electron chi connectivity index (χ3n) is 12.9. The Morgan fingerprint density at radius 3 is 2.53 bits per heavy atom. The summed E-state index contributed by atoms with van der Waals surface area (Å²) in [5.41, 5.74) is 5.21. The van der Waals surface area contributed by atoms with Gasteiger partial charge < -0.3 is 24.6 Å². The van der Waals surface area contributed by atoms with Crippen molar-refractivity contribution in [3.63, 3.8) is 0 Å². The molecule has 8 rings (SSSR count). The molecule has 4 aromatic carbocycles. The molecule has 4 heterocycles. The second-order valence-electron chi connectivity index (χ2n) is 17.8. The van der Waals surface area contributed by atoms with Crippen LogP contribution < -0.4 is 24.8 Å². The van der Waals surface area contributed by atoms with E-state index in [2.05, 4.69) is 20.9 Å². The molecule has 0 spiro atoms. The van der Waals surface area contributed by atoms with Gasteiger partial charge in [0.25, 0.3) is 17.7 Å². The highest BCUT2D eigenvalue weighted by Gasteiger charge is 2.46. The van der Waals surface area contributed by atoms with Crippen LogP contribution in [0.1, 0.15) is 113 Å². The maximum Gasteiger partial charge on any atom is 0.304 e. The second kappa shape index (κ2) is 20.8. The van der Waals surface area contributed by atoms with Crippen LogP contribution in [0, 0.1) is 6.92 Å². The lowest BCUT2D eigenvalue weighted by Crippen LogP contribution is -2.54. The fraction of sp³-hybridized carbons (Fsp3) is 0.400. The van der Waals surface area contributed by atoms with Gasteiger partial charge in [-0.25, -0.2) is 13.1 Å². The minimum absolute atomic E-state index is 0.00386. The highest BCUT2D eigenvalue weighted by Crippen LogP contribution is 2.38. The first-order chi connectivity index (χ1) is 33.6. The Morgan fingerprint density at radius 2 is 1.77 bits per heavy atom. The van der Waals surface area contributed by atoms with Gasteiger partial charge in [-0.1, -0.05) is 48.4 Å². The number of fused-ring (bicyclic) bond motifs is 3. The Kier molecular flexibility index (Phi) is 14.6. The lowest BCUT2D eigenvalue weighted by Gasteiger charge is -2.27. The molecule has 5 aromatic rings. The third-order valence-corrected chi connectivity index (χ3v) is 14.8. The van der Waals surface area contributed by atoms with Crippen molar-refractivity contribution in [2.75, 3.05) is 26.8 Å². The molecule has 1 fully saturated rings. The number of nitrogens with zero attached hydrogens (tertiary/aromatic N) is 5. The molecule has 0 bridgehead atoms. The van der Waals surface area contributed by atoms with Crippen LogP contribution in [0.5, 0.6) is 17.2 Å². The van der Waals surface area contributed by atoms with Gasteiger partial charge >= 0.3 is 5.97 Å². The van der Waals surface area contributed by atoms with Crippen molar-refractivity contribution < 1.29 is 56.5 Å². The summed E-state index contributed by atoms with van der Waals surface area (Å²) in [6.45, 7) is 6.37. The van der Waals surface area contributed by atoms with E-state index in [4.69, 9.17) is 14.2 Å². The summed E-state index contributed by atoms with van der Waals surface area (Å²) >= 11 is 0. The van der Waals surface area contributed by atoms with E-state index in [1.54, 1.807) is 30.0 Å². The van der Waals surface area contributed by atoms with Crippen molar-refractivity contribution in [1.29, 1.82) is 0 Å². The normalized spacial score (nSPS) is 18.1. The number of aliphatic carboxylic acids is 1. The molecule has 20 heteroatoms. The molecule has 1 unspecified atom stereocenters. The molecule has 3 aliphatic rings. The number of methoxy groups -OCH3 is 1. The molecule has 0 aliphatic carbocycles. The zero-order valence-corrected chi connectivity index (χ0v) is 40.2. The number of hydrogen-bond acceptors (Lipinski definition) is 13. The Bertz CT molecular complexity index is 3010. The standard InChI is InChI=1S/C50H55N7O12S/c1-5-56-47-37(53-54-56)23-33(24-41(47)67-4)36(25-45(60)61)32-16-14-29(2)34(22-32)27-55-26-30(3)69-40-21-31(15-18-42(40)70(55,65)66)11-8-6-7-9-20-51-44(59)28-68-39-13-10-12-35-46(39)50(64)57(49(35)63)38-17-19-43(58)52-48(38)62/h10,12-16,18,21-24,30,36,38H,5-9,11,17,19-20,25-28H2,1-4H3,(H,51,59)(H,60,61)(H,52,58,62)/t30-,36+,38?/m1/s1. The number of rotatable bonds is 19. The minimum atomic E-state index is -4.02. The minimum Gasteiger partial charge on any atom is -0.494 e. The topological polar surface area (TPSA) is 246 Å². The fourth-order valence-corrected chi connectivity index (χ4v) is 10.9. The zero-order chi connectivity index (χ0) is 49.9. The predicted molar refractivity (Wildman–Crippen MR) is 253 cm³/mol. The van der Waals surface area contributed by atoms with Crippen molar-refractivity contribution in [2.45, 2.75) is 108 Å². The number of carboxylic acids is 1. The SMILES string of the molecule is CCn1nnc2cc([C@@H](CC(=O)O)c3ccc(C)c(CN4C[C@@H](C)Oc5cc(CCCCCCNC(=O)COc6cccc7c6C(=O)N(C6CCC(=O)NC6=O)C7=O)ccc5S4(=O)=O)c3)cc(OC)c21. The van der Waals surface area contributed by atoms with Gasteiger partial charge in [0.1, 0.15) is 45.3 Å². The first kappa shape index (κ1) is 49.2. The zero-order valence-electron chi connectivity index (χ0n) is 39.4. The van der Waals surface area contributed by atoms with Crippen LogP contribution in [-0.4, -0.2) is 112 Å². The lowest BCUT2D eigenvalue weighted by atomic mass is 9.86. The van der Waals surface area contributed by atoms with Crippen molar-refractivity contribution in [2.24, 2.45) is 0 Å². The monoisotopic (exact) mass is 977 g/mol. The van der Waals surface area contributed by atoms with Crippen molar-refractivity contribution in [1.82, 2.24) is 34.8 Å². The first-order valence-electron chi connectivity index (χ1n) is 23.3. The maximum atomic E-state index is 14.3. The van der Waals surface area contributed by atoms with E-state index in [9.17, 15) is 42.3 Å². The number of carbonyl (C=O) groups is 6. The summed E-state index contributed by atoms with van der Waals surface area (Å²) in [4.78, 5) is 76.3. The summed E-state index contributed by atoms with van der Waals surface area (Å²) < 4.78 is 49.4. The van der Waals surface area contributed by atoms with E-state index in [0.717, 1.165) is 40.9 Å². The molecule has 0 radical (unpaired) electrons. The Hall–Kier alpha value is -7.19. The van der Waals surface area contributed by atoms with E-state index in [1.807, 2.05) is 51.1 Å². The molecule has 3 atom stereocenters. The van der Waals surface area contributed by atoms with Crippen LogP contribution >= 0.6 is 0 Å². The number of benzene rings is 4. The summed E-state index contributed by atoms with van der Waals surface area (Å²) in [6, 6.07) is 17.8. The largest absolute Gasteiger partial charge is 0.494 e. The van der Waals surface area contributed by atoms with Crippen LogP contribution in [0.25, 0.3) is 11.0 Å². The van der Waals surface area contributed by atoms with Crippen LogP contribution in [0.2, 0.25) is 0 Å². The van der Waals surface area contributed by atoms with Gasteiger partial charge in [0.05, 0.1) is 31.2 Å². The number of carbonyl (C=O) groups excluding carboxylic acids is 5. The van der Waals surface area contributed by atoms with Crippen molar-refractivity contribution in [3.05, 3.63) is 106 Å². The number of unbranched alkanes of at least 4 members (excludes halogenated alkanes) is 3. The van der Waals surface area contributed by atoms with Gasteiger partial charge in [-0.2, -0.15) is 4.31 Å². The van der Waals surface area contributed by atoms with Gasteiger partial charge in [-0.05, 0) is 111 Å². The average Bonchev–Trinajstić information content (AvgIpc) is 3.84. The van der Waals surface area contributed by atoms with Crippen LogP contribution in [0.4, 0.5) is 0 Å². The van der Waals surface area contributed by atoms with Gasteiger partial charge in [-0.3, -0.25) is 39.0 Å². The molecule has 5 amide bonds. The van der Waals surface area contributed by atoms with E-state index >= 15 is 0 Å². The summed E-state index contributed by atoms with van der Waals surface area (Å²) in [5, 5.41) is 23.5. The Balaban J connectivity index is 0.835. The van der Waals surface area contributed by atoms with Crippen LogP contribution in [0.3, 0.4) is 0 Å². The highest BCUT2D eigenvalue weighted by atomic mass is 32.2. The van der Waals surface area contributed by atoms with Gasteiger partial charge in [0, 0.05) is 32.0 Å². The lowest BCUT2D eigenvalue weighted by molar-refractivity contribution is -0.138. The number of imide groups is 2. The Morgan fingerprint density at radius 1 is 0.971 bits per heavy atom. The number of carboxylic acid groups (broad SMARTS) is 1. The number of aryl methyl sites for hydroxylation is 3. The molecule has 19 nitrogen and oxygen atoms in total. The number of ether oxygens (including phenoxy) is 3. The molecular weight excluding hydrogens is 923 g/mol. The Labute approximate surface area is 404 Å². The van der Waals surface area contributed by atoms with Crippen LogP contribution in [0.15, 0.2) is 71.6 Å². The van der Waals surface area contributed by atoms with E-state index in [1.165, 1.54) is 22.5 Å². The molecular formula is C50H55N7O12S. The van der Waals surface area contributed by atoms with Crippen molar-refractivity contribution in [3.8, 4) is 17.2 Å². The third kappa shape index (κ3) is 10.2. The first-order valence-corrected chi connectivity index (χ1v) is 24.8. The van der Waals surface area contributed by atoms with E-state index < -0.39 is 70.2 Å². The molecule has 3 aliphatic heterocycles. The van der Waals surface area contributed by atoms with E-state index in [0.29, 0.717) is 53.8 Å². The number of piperidine rings is 1. The predicted octanol–water partition coefficient (Wildman–Crippen LogP) is 5.05. The van der Waals surface area contributed by atoms with Gasteiger partial charge in [-0.15, -0.1) is 5.10 Å². The molecule has 368 valence electrons. The molecule has 1 aromatic heterocycles. The summed E-state index contributed by atoms with van der Waals surface area (Å²) in [5.74, 6) is -3.72. The van der Waals surface area contributed by atoms with Gasteiger partial charge in [0.2, 0.25) is 21.8 Å². The number of hydrogen-bond donors (Lipinski definition) is 3. The smallest absolute Gasteiger partial charge is 0.304 e. The summed E-state index contributed by atoms with van der Waals surface area (Å²) in [7, 11) is -2.47. The molecule has 0 saturated carbocycles. The fourth-order valence-electron chi connectivity index (χ4n) is 9.32. The molecule has 3 N–H and O–H groups in total. The second-order valence-corrected chi connectivity index (χ2v) is 19.7. The van der Waals surface area contributed by atoms with Crippen molar-refractivity contribution >= 4 is 56.6 Å². The summed E-state index contributed by atoms with van der Waals surface area (Å²) in [6.07, 6.45) is 3.16.